The summed E-state index contributed by atoms with van der Waals surface area (Å²) in [6, 6.07) is 7.51. The van der Waals surface area contributed by atoms with Crippen molar-refractivity contribution in [3.63, 3.8) is 0 Å². The van der Waals surface area contributed by atoms with Gasteiger partial charge in [0, 0.05) is 41.6 Å². The third-order valence-electron chi connectivity index (χ3n) is 4.31. The van der Waals surface area contributed by atoms with Gasteiger partial charge >= 0.3 is 0 Å². The Hall–Kier alpha value is -2.67. The maximum absolute atomic E-state index is 12.5. The molecule has 2 aromatic heterocycles. The van der Waals surface area contributed by atoms with E-state index in [2.05, 4.69) is 15.3 Å². The van der Waals surface area contributed by atoms with E-state index in [0.717, 1.165) is 16.5 Å². The van der Waals surface area contributed by atoms with E-state index in [-0.39, 0.29) is 11.8 Å². The molecular formula is C17H16N4O2S. The van der Waals surface area contributed by atoms with Crippen LogP contribution in [-0.2, 0) is 16.1 Å². The van der Waals surface area contributed by atoms with E-state index in [4.69, 9.17) is 0 Å². The smallest absolute Gasteiger partial charge is 0.248 e. The molecule has 1 aliphatic heterocycles. The van der Waals surface area contributed by atoms with Crippen molar-refractivity contribution in [3.05, 3.63) is 47.6 Å². The Balaban J connectivity index is 1.55. The van der Waals surface area contributed by atoms with Gasteiger partial charge in [-0.2, -0.15) is 0 Å². The minimum absolute atomic E-state index is 0.0135. The van der Waals surface area contributed by atoms with Gasteiger partial charge in [0.05, 0.1) is 0 Å². The van der Waals surface area contributed by atoms with Crippen molar-refractivity contribution >= 4 is 39.2 Å². The molecule has 2 N–H and O–H groups in total. The zero-order valence-corrected chi connectivity index (χ0v) is 13.7. The first-order valence-corrected chi connectivity index (χ1v) is 8.65. The summed E-state index contributed by atoms with van der Waals surface area (Å²) in [6.07, 6.45) is 4.49. The molecular weight excluding hydrogens is 324 g/mol. The topological polar surface area (TPSA) is 78.1 Å². The third kappa shape index (κ3) is 2.67. The molecule has 7 heteroatoms. The number of nitrogens with one attached hydrogen (secondary N) is 2. The van der Waals surface area contributed by atoms with Gasteiger partial charge in [-0.25, -0.2) is 4.98 Å². The highest BCUT2D eigenvalue weighted by Gasteiger charge is 2.36. The van der Waals surface area contributed by atoms with E-state index in [0.29, 0.717) is 24.5 Å². The van der Waals surface area contributed by atoms with Crippen LogP contribution in [-0.4, -0.2) is 32.7 Å². The van der Waals surface area contributed by atoms with Crippen molar-refractivity contribution in [3.8, 4) is 0 Å². The van der Waals surface area contributed by atoms with E-state index in [1.807, 2.05) is 30.5 Å². The van der Waals surface area contributed by atoms with Gasteiger partial charge in [-0.1, -0.05) is 18.2 Å². The Morgan fingerprint density at radius 3 is 3.12 bits per heavy atom. The minimum atomic E-state index is -0.449. The minimum Gasteiger partial charge on any atom is -0.361 e. The molecule has 0 unspecified atom stereocenters. The fraction of sp³-hybridized carbons (Fsp3) is 0.235. The van der Waals surface area contributed by atoms with Crippen molar-refractivity contribution in [1.82, 2.24) is 14.9 Å². The van der Waals surface area contributed by atoms with Crippen LogP contribution in [0.1, 0.15) is 18.4 Å². The highest BCUT2D eigenvalue weighted by atomic mass is 32.1. The highest BCUT2D eigenvalue weighted by Crippen LogP contribution is 2.26. The number of rotatable bonds is 4. The molecule has 24 heavy (non-hydrogen) atoms. The Morgan fingerprint density at radius 1 is 1.42 bits per heavy atom. The number of nitrogens with zero attached hydrogens (tertiary/aromatic N) is 2. The predicted molar refractivity (Wildman–Crippen MR) is 92.6 cm³/mol. The lowest BCUT2D eigenvalue weighted by atomic mass is 10.1. The Morgan fingerprint density at radius 2 is 2.29 bits per heavy atom. The number of benzene rings is 1. The lowest BCUT2D eigenvalue weighted by molar-refractivity contribution is -0.133. The molecule has 1 aliphatic rings. The summed E-state index contributed by atoms with van der Waals surface area (Å²) in [5.74, 6) is -0.157. The molecule has 0 spiro atoms. The van der Waals surface area contributed by atoms with E-state index in [9.17, 15) is 9.59 Å². The monoisotopic (exact) mass is 340 g/mol. The molecule has 3 aromatic rings. The average molecular weight is 340 g/mol. The molecule has 0 aliphatic carbocycles. The number of hydrogen-bond donors (Lipinski definition) is 2. The summed E-state index contributed by atoms with van der Waals surface area (Å²) >= 11 is 1.37. The molecule has 1 saturated heterocycles. The standard InChI is InChI=1S/C17H16N4O2S/c22-15-6-5-14(16(23)20-17-18-7-8-24-17)21(15)10-11-9-19-13-4-2-1-3-12(11)13/h1-4,7-9,14,19H,5-6,10H2,(H,18,20,23)/t14-/m0/s1. The van der Waals surface area contributed by atoms with E-state index in [1.54, 1.807) is 16.5 Å². The van der Waals surface area contributed by atoms with Crippen molar-refractivity contribution in [2.75, 3.05) is 5.32 Å². The van der Waals surface area contributed by atoms with Crippen LogP contribution in [0.3, 0.4) is 0 Å². The van der Waals surface area contributed by atoms with Crippen molar-refractivity contribution < 1.29 is 9.59 Å². The van der Waals surface area contributed by atoms with Gasteiger partial charge < -0.3 is 15.2 Å². The number of likely N-dealkylation sites (tertiary alicyclic amines) is 1. The maximum atomic E-state index is 12.5. The second-order valence-corrected chi connectivity index (χ2v) is 6.66. The molecule has 2 amide bonds. The summed E-state index contributed by atoms with van der Waals surface area (Å²) in [6.45, 7) is 0.429. The van der Waals surface area contributed by atoms with Crippen LogP contribution in [0.25, 0.3) is 10.9 Å². The Bertz CT molecular complexity index is 887. The Labute approximate surface area is 142 Å². The summed E-state index contributed by atoms with van der Waals surface area (Å²) in [5.41, 5.74) is 2.05. The second kappa shape index (κ2) is 6.09. The number of carbonyl (C=O) groups is 2. The van der Waals surface area contributed by atoms with Crippen LogP contribution < -0.4 is 5.32 Å². The van der Waals surface area contributed by atoms with Gasteiger partial charge in [-0.3, -0.25) is 9.59 Å². The molecule has 3 heterocycles. The van der Waals surface area contributed by atoms with Crippen LogP contribution in [0.4, 0.5) is 5.13 Å². The first kappa shape index (κ1) is 14.9. The van der Waals surface area contributed by atoms with Crippen LogP contribution in [0.5, 0.6) is 0 Å². The molecule has 6 nitrogen and oxygen atoms in total. The molecule has 0 radical (unpaired) electrons. The molecule has 1 atom stereocenters. The van der Waals surface area contributed by atoms with Gasteiger partial charge in [-0.15, -0.1) is 11.3 Å². The zero-order valence-electron chi connectivity index (χ0n) is 12.9. The number of hydrogen-bond acceptors (Lipinski definition) is 4. The Kier molecular flexibility index (Phi) is 3.78. The van der Waals surface area contributed by atoms with Crippen molar-refractivity contribution in [2.45, 2.75) is 25.4 Å². The number of amides is 2. The first-order valence-electron chi connectivity index (χ1n) is 7.77. The number of carbonyl (C=O) groups excluding carboxylic acids is 2. The number of aromatic amines is 1. The number of thiazole rings is 1. The largest absolute Gasteiger partial charge is 0.361 e. The molecule has 1 fully saturated rings. The van der Waals surface area contributed by atoms with Crippen molar-refractivity contribution in [1.29, 1.82) is 0 Å². The highest BCUT2D eigenvalue weighted by molar-refractivity contribution is 7.13. The summed E-state index contributed by atoms with van der Waals surface area (Å²) < 4.78 is 0. The summed E-state index contributed by atoms with van der Waals surface area (Å²) in [5, 5.41) is 6.24. The summed E-state index contributed by atoms with van der Waals surface area (Å²) in [4.78, 5) is 33.7. The van der Waals surface area contributed by atoms with Crippen molar-refractivity contribution in [2.24, 2.45) is 0 Å². The van der Waals surface area contributed by atoms with E-state index in [1.165, 1.54) is 11.3 Å². The lowest BCUT2D eigenvalue weighted by Gasteiger charge is -2.23. The molecule has 1 aromatic carbocycles. The van der Waals surface area contributed by atoms with Gasteiger partial charge in [0.1, 0.15) is 6.04 Å². The van der Waals surface area contributed by atoms with Gasteiger partial charge in [0.25, 0.3) is 0 Å². The lowest BCUT2D eigenvalue weighted by Crippen LogP contribution is -2.41. The first-order chi connectivity index (χ1) is 11.7. The third-order valence-corrected chi connectivity index (χ3v) is 5.00. The number of para-hydroxylation sites is 1. The molecule has 0 saturated carbocycles. The van der Waals surface area contributed by atoms with Gasteiger partial charge in [0.15, 0.2) is 5.13 Å². The predicted octanol–water partition coefficient (Wildman–Crippen LogP) is 2.75. The average Bonchev–Trinajstić information content (AvgIpc) is 3.30. The fourth-order valence-corrected chi connectivity index (χ4v) is 3.66. The van der Waals surface area contributed by atoms with Crippen LogP contribution in [0.15, 0.2) is 42.0 Å². The van der Waals surface area contributed by atoms with Crippen LogP contribution in [0.2, 0.25) is 0 Å². The quantitative estimate of drug-likeness (QED) is 0.766. The van der Waals surface area contributed by atoms with Crippen LogP contribution in [0, 0.1) is 0 Å². The van der Waals surface area contributed by atoms with Gasteiger partial charge in [0.2, 0.25) is 11.8 Å². The van der Waals surface area contributed by atoms with E-state index < -0.39 is 6.04 Å². The SMILES string of the molecule is O=C(Nc1nccs1)[C@@H]1CCC(=O)N1Cc1c[nH]c2ccccc12. The maximum Gasteiger partial charge on any atom is 0.248 e. The molecule has 122 valence electrons. The van der Waals surface area contributed by atoms with E-state index >= 15 is 0 Å². The normalized spacial score (nSPS) is 17.6. The van der Waals surface area contributed by atoms with Gasteiger partial charge in [-0.05, 0) is 18.1 Å². The second-order valence-electron chi connectivity index (χ2n) is 5.76. The number of H-pyrrole nitrogens is 1. The number of fused-ring (bicyclic) bond motifs is 1. The number of anilines is 1. The summed E-state index contributed by atoms with van der Waals surface area (Å²) in [7, 11) is 0. The fourth-order valence-electron chi connectivity index (χ4n) is 3.12. The zero-order chi connectivity index (χ0) is 16.5. The molecule has 0 bridgehead atoms. The van der Waals surface area contributed by atoms with Crippen LogP contribution >= 0.6 is 11.3 Å². The molecule has 4 rings (SSSR count). The number of aromatic nitrogens is 2.